The predicted molar refractivity (Wildman–Crippen MR) is 51.4 cm³/mol. The van der Waals surface area contributed by atoms with Gasteiger partial charge in [0.2, 0.25) is 0 Å². The van der Waals surface area contributed by atoms with Gasteiger partial charge in [0.15, 0.2) is 0 Å². The quantitative estimate of drug-likeness (QED) is 0.326. The van der Waals surface area contributed by atoms with E-state index in [1.165, 1.54) is 0 Å². The van der Waals surface area contributed by atoms with Gasteiger partial charge in [-0.1, -0.05) is 24.0 Å². The third-order valence-electron chi connectivity index (χ3n) is 1.51. The third kappa shape index (κ3) is 2.62. The van der Waals surface area contributed by atoms with E-state index in [0.717, 1.165) is 5.56 Å². The number of hydrogen-bond donors (Lipinski definition) is 3. The van der Waals surface area contributed by atoms with E-state index >= 15 is 0 Å². The van der Waals surface area contributed by atoms with E-state index in [2.05, 4.69) is 11.8 Å². The van der Waals surface area contributed by atoms with Gasteiger partial charge in [-0.25, -0.2) is 0 Å². The van der Waals surface area contributed by atoms with Crippen LogP contribution in [0.3, 0.4) is 0 Å². The second-order valence-corrected chi connectivity index (χ2v) is 2.45. The first-order chi connectivity index (χ1) is 6.24. The normalized spacial score (nSPS) is 8.69. The van der Waals surface area contributed by atoms with Gasteiger partial charge >= 0.3 is 0 Å². The summed E-state index contributed by atoms with van der Waals surface area (Å²) in [5.41, 5.74) is 6.75. The summed E-state index contributed by atoms with van der Waals surface area (Å²) in [7, 11) is 0. The highest BCUT2D eigenvalue weighted by Gasteiger charge is 1.93. The maximum Gasteiger partial charge on any atom is 0.122 e. The molecular weight excluding hydrogens is 164 g/mol. The molecule has 1 aromatic carbocycles. The molecule has 0 bridgehead atoms. The molecule has 1 aromatic rings. The highest BCUT2D eigenvalue weighted by molar-refractivity contribution is 5.94. The lowest BCUT2D eigenvalue weighted by Crippen LogP contribution is -2.10. The zero-order chi connectivity index (χ0) is 9.68. The SMILES string of the molecule is N=C(N)c1ccc(C#CCO)cc1. The van der Waals surface area contributed by atoms with Crippen LogP contribution in [-0.2, 0) is 0 Å². The van der Waals surface area contributed by atoms with E-state index < -0.39 is 0 Å². The third-order valence-corrected chi connectivity index (χ3v) is 1.51. The average Bonchev–Trinajstić information content (AvgIpc) is 2.15. The fourth-order valence-corrected chi connectivity index (χ4v) is 0.875. The van der Waals surface area contributed by atoms with Gasteiger partial charge in [0, 0.05) is 11.1 Å². The molecule has 0 aliphatic carbocycles. The van der Waals surface area contributed by atoms with Crippen LogP contribution in [-0.4, -0.2) is 17.5 Å². The molecule has 4 N–H and O–H groups in total. The van der Waals surface area contributed by atoms with Gasteiger partial charge in [0.05, 0.1) is 0 Å². The van der Waals surface area contributed by atoms with Crippen molar-refractivity contribution in [2.75, 3.05) is 6.61 Å². The zero-order valence-electron chi connectivity index (χ0n) is 7.04. The molecule has 0 atom stereocenters. The van der Waals surface area contributed by atoms with Crippen molar-refractivity contribution >= 4 is 5.84 Å². The minimum Gasteiger partial charge on any atom is -0.384 e. The van der Waals surface area contributed by atoms with Crippen molar-refractivity contribution in [1.29, 1.82) is 5.41 Å². The molecule has 0 radical (unpaired) electrons. The molecule has 0 amide bonds. The lowest BCUT2D eigenvalue weighted by Gasteiger charge is -1.96. The molecule has 0 fully saturated rings. The standard InChI is InChI=1S/C10H10N2O/c11-10(12)9-5-3-8(4-6-9)2-1-7-13/h3-6,13H,7H2,(H3,11,12). The van der Waals surface area contributed by atoms with Crippen molar-refractivity contribution in [3.63, 3.8) is 0 Å². The largest absolute Gasteiger partial charge is 0.384 e. The first kappa shape index (κ1) is 9.30. The molecular formula is C10H10N2O. The Kier molecular flexibility index (Phi) is 3.07. The first-order valence-electron chi connectivity index (χ1n) is 3.78. The van der Waals surface area contributed by atoms with Crippen LogP contribution in [0.4, 0.5) is 0 Å². The molecule has 13 heavy (non-hydrogen) atoms. The molecule has 0 aliphatic heterocycles. The molecule has 0 saturated heterocycles. The summed E-state index contributed by atoms with van der Waals surface area (Å²) >= 11 is 0. The Morgan fingerprint density at radius 1 is 1.38 bits per heavy atom. The van der Waals surface area contributed by atoms with Crippen LogP contribution in [0.2, 0.25) is 0 Å². The number of rotatable bonds is 1. The molecule has 3 nitrogen and oxygen atoms in total. The summed E-state index contributed by atoms with van der Waals surface area (Å²) in [6.45, 7) is -0.144. The zero-order valence-corrected chi connectivity index (χ0v) is 7.04. The Labute approximate surface area is 76.7 Å². The van der Waals surface area contributed by atoms with Crippen LogP contribution in [0.25, 0.3) is 0 Å². The van der Waals surface area contributed by atoms with E-state index in [1.807, 2.05) is 0 Å². The Bertz CT molecular complexity index is 357. The van der Waals surface area contributed by atoms with Gasteiger partial charge in [-0.15, -0.1) is 0 Å². The monoisotopic (exact) mass is 174 g/mol. The average molecular weight is 174 g/mol. The van der Waals surface area contributed by atoms with Crippen LogP contribution in [0.1, 0.15) is 11.1 Å². The number of benzene rings is 1. The van der Waals surface area contributed by atoms with E-state index in [0.29, 0.717) is 5.56 Å². The van der Waals surface area contributed by atoms with Crippen LogP contribution in [0.15, 0.2) is 24.3 Å². The Morgan fingerprint density at radius 2 is 2.00 bits per heavy atom. The summed E-state index contributed by atoms with van der Waals surface area (Å²) in [5, 5.41) is 15.6. The Balaban J connectivity index is 2.87. The van der Waals surface area contributed by atoms with Crippen molar-refractivity contribution in [1.82, 2.24) is 0 Å². The lowest BCUT2D eigenvalue weighted by atomic mass is 10.1. The van der Waals surface area contributed by atoms with Crippen molar-refractivity contribution in [2.45, 2.75) is 0 Å². The van der Waals surface area contributed by atoms with Gasteiger partial charge in [-0.05, 0) is 12.1 Å². The van der Waals surface area contributed by atoms with Crippen molar-refractivity contribution in [3.8, 4) is 11.8 Å². The smallest absolute Gasteiger partial charge is 0.122 e. The minimum atomic E-state index is -0.144. The van der Waals surface area contributed by atoms with Crippen LogP contribution in [0.5, 0.6) is 0 Å². The number of nitrogens with two attached hydrogens (primary N) is 1. The fraction of sp³-hybridized carbons (Fsp3) is 0.100. The van der Waals surface area contributed by atoms with Crippen molar-refractivity contribution in [3.05, 3.63) is 35.4 Å². The molecule has 0 aliphatic rings. The molecule has 1 rings (SSSR count). The number of amidine groups is 1. The topological polar surface area (TPSA) is 70.1 Å². The molecule has 66 valence electrons. The van der Waals surface area contributed by atoms with E-state index in [-0.39, 0.29) is 12.4 Å². The molecule has 0 heterocycles. The maximum absolute atomic E-state index is 8.44. The summed E-state index contributed by atoms with van der Waals surface area (Å²) in [5.74, 6) is 5.33. The van der Waals surface area contributed by atoms with Gasteiger partial charge < -0.3 is 10.8 Å². The van der Waals surface area contributed by atoms with Gasteiger partial charge in [-0.2, -0.15) is 0 Å². The molecule has 0 spiro atoms. The highest BCUT2D eigenvalue weighted by atomic mass is 16.2. The molecule has 0 unspecified atom stereocenters. The Hall–Kier alpha value is -1.79. The number of aliphatic hydroxyl groups excluding tert-OH is 1. The number of nitrogen functional groups attached to an aromatic ring is 1. The second kappa shape index (κ2) is 4.29. The van der Waals surface area contributed by atoms with E-state index in [9.17, 15) is 0 Å². The van der Waals surface area contributed by atoms with Crippen molar-refractivity contribution < 1.29 is 5.11 Å². The van der Waals surface area contributed by atoms with Gasteiger partial charge in [0.25, 0.3) is 0 Å². The van der Waals surface area contributed by atoms with Crippen LogP contribution in [0, 0.1) is 17.3 Å². The fourth-order valence-electron chi connectivity index (χ4n) is 0.875. The van der Waals surface area contributed by atoms with Gasteiger partial charge in [-0.3, -0.25) is 5.41 Å². The molecule has 3 heteroatoms. The van der Waals surface area contributed by atoms with Crippen LogP contribution >= 0.6 is 0 Å². The summed E-state index contributed by atoms with van der Waals surface area (Å²) in [4.78, 5) is 0. The van der Waals surface area contributed by atoms with Crippen molar-refractivity contribution in [2.24, 2.45) is 5.73 Å². The summed E-state index contributed by atoms with van der Waals surface area (Å²) < 4.78 is 0. The molecule has 0 saturated carbocycles. The van der Waals surface area contributed by atoms with E-state index in [4.69, 9.17) is 16.2 Å². The number of aliphatic hydroxyl groups is 1. The number of nitrogens with one attached hydrogen (secondary N) is 1. The first-order valence-corrected chi connectivity index (χ1v) is 3.78. The number of hydrogen-bond acceptors (Lipinski definition) is 2. The lowest BCUT2D eigenvalue weighted by molar-refractivity contribution is 0.350. The summed E-state index contributed by atoms with van der Waals surface area (Å²) in [6.07, 6.45) is 0. The van der Waals surface area contributed by atoms with E-state index in [1.54, 1.807) is 24.3 Å². The van der Waals surface area contributed by atoms with Gasteiger partial charge in [0.1, 0.15) is 12.4 Å². The minimum absolute atomic E-state index is 0.0432. The predicted octanol–water partition coefficient (Wildman–Crippen LogP) is 0.314. The summed E-state index contributed by atoms with van der Waals surface area (Å²) in [6, 6.07) is 6.98. The highest BCUT2D eigenvalue weighted by Crippen LogP contribution is 2.01. The van der Waals surface area contributed by atoms with Crippen LogP contribution < -0.4 is 5.73 Å². The molecule has 0 aromatic heterocycles. The second-order valence-electron chi connectivity index (χ2n) is 2.45. The maximum atomic E-state index is 8.44. The Morgan fingerprint density at radius 3 is 2.46 bits per heavy atom.